The van der Waals surface area contributed by atoms with Gasteiger partial charge >= 0.3 is 0 Å². The second-order valence-corrected chi connectivity index (χ2v) is 16.5. The fraction of sp³-hybridized carbons (Fsp3) is 0.744. The zero-order chi connectivity index (χ0) is 33.7. The topological polar surface area (TPSA) is 76.0 Å². The molecule has 8 aliphatic carbocycles. The molecule has 262 valence electrons. The molecule has 8 rings (SSSR count). The third-order valence-corrected chi connectivity index (χ3v) is 15.6. The molecule has 0 saturated heterocycles. The van der Waals surface area contributed by atoms with Crippen LogP contribution in [0.3, 0.4) is 0 Å². The lowest BCUT2D eigenvalue weighted by Crippen LogP contribution is -2.52. The molecule has 0 amide bonds. The summed E-state index contributed by atoms with van der Waals surface area (Å²) in [5.41, 5.74) is 5.75. The molecule has 48 heavy (non-hydrogen) atoms. The molecule has 0 aromatic heterocycles. The Hall–Kier alpha value is -2.29. The minimum absolute atomic E-state index is 0.0570. The van der Waals surface area contributed by atoms with Crippen LogP contribution < -0.4 is 0 Å². The zero-order valence-corrected chi connectivity index (χ0v) is 30.2. The highest BCUT2D eigenvalue weighted by molar-refractivity contribution is 5.87. The van der Waals surface area contributed by atoms with Crippen molar-refractivity contribution in [2.24, 2.45) is 46.3 Å². The van der Waals surface area contributed by atoms with Crippen LogP contribution in [0.5, 0.6) is 0 Å². The molecule has 0 radical (unpaired) electrons. The third kappa shape index (κ3) is 5.30. The average Bonchev–Trinajstić information content (AvgIpc) is 3.64. The summed E-state index contributed by atoms with van der Waals surface area (Å²) < 4.78 is 11.0. The summed E-state index contributed by atoms with van der Waals surface area (Å²) in [6.07, 6.45) is 24.3. The van der Waals surface area contributed by atoms with E-state index in [2.05, 4.69) is 37.8 Å². The van der Waals surface area contributed by atoms with E-state index in [1.165, 1.54) is 38.5 Å². The van der Waals surface area contributed by atoms with Gasteiger partial charge in [-0.15, -0.1) is 0 Å². The van der Waals surface area contributed by atoms with E-state index in [-0.39, 0.29) is 17.4 Å². The Balaban J connectivity index is 0.000000154. The van der Waals surface area contributed by atoms with Gasteiger partial charge in [-0.1, -0.05) is 48.0 Å². The van der Waals surface area contributed by atoms with Gasteiger partial charge in [-0.2, -0.15) is 0 Å². The Kier molecular flexibility index (Phi) is 9.57. The Morgan fingerprint density at radius 1 is 0.771 bits per heavy atom. The monoisotopic (exact) mass is 656 g/mol. The van der Waals surface area contributed by atoms with Crippen LogP contribution in [0, 0.1) is 58.2 Å². The number of aliphatic hydroxyl groups is 2. The molecule has 6 unspecified atom stereocenters. The molecule has 9 atom stereocenters. The molecule has 8 aliphatic rings. The van der Waals surface area contributed by atoms with E-state index in [4.69, 9.17) is 14.6 Å². The first-order valence-corrected chi connectivity index (χ1v) is 19.5. The molecule has 0 aromatic rings. The van der Waals surface area contributed by atoms with Gasteiger partial charge in [-0.05, 0) is 144 Å². The van der Waals surface area contributed by atoms with Crippen molar-refractivity contribution in [3.05, 3.63) is 46.0 Å². The fourth-order valence-corrected chi connectivity index (χ4v) is 13.3. The van der Waals surface area contributed by atoms with E-state index in [1.807, 2.05) is 0 Å². The smallest absolute Gasteiger partial charge is 0.139 e. The normalized spacial score (nSPS) is 41.1. The van der Waals surface area contributed by atoms with Gasteiger partial charge in [0.2, 0.25) is 0 Å². The molecule has 4 saturated carbocycles. The Morgan fingerprint density at radius 3 is 1.94 bits per heavy atom. The maximum absolute atomic E-state index is 12.6. The minimum atomic E-state index is -0.912. The number of hydrogen-bond donors (Lipinski definition) is 2. The first-order valence-electron chi connectivity index (χ1n) is 19.5. The maximum atomic E-state index is 12.6. The van der Waals surface area contributed by atoms with Crippen molar-refractivity contribution < 1.29 is 24.5 Å². The van der Waals surface area contributed by atoms with Gasteiger partial charge in [-0.25, -0.2) is 0 Å². The van der Waals surface area contributed by atoms with Crippen LogP contribution in [0.1, 0.15) is 129 Å². The predicted molar refractivity (Wildman–Crippen MR) is 189 cm³/mol. The summed E-state index contributed by atoms with van der Waals surface area (Å²) in [6.45, 7) is 4.31. The Morgan fingerprint density at radius 2 is 1.38 bits per heavy atom. The summed E-state index contributed by atoms with van der Waals surface area (Å²) in [6, 6.07) is 0. The number of carbonyl (C=O) groups is 1. The number of allylic oxidation sites excluding steroid dienone is 6. The van der Waals surface area contributed by atoms with Gasteiger partial charge < -0.3 is 19.7 Å². The number of ketones is 1. The largest absolute Gasteiger partial charge is 0.501 e. The third-order valence-electron chi connectivity index (χ3n) is 15.6. The van der Waals surface area contributed by atoms with Crippen molar-refractivity contribution in [1.29, 1.82) is 0 Å². The highest BCUT2D eigenvalue weighted by Crippen LogP contribution is 2.66. The highest BCUT2D eigenvalue weighted by Gasteiger charge is 2.63. The van der Waals surface area contributed by atoms with E-state index in [9.17, 15) is 9.90 Å². The summed E-state index contributed by atoms with van der Waals surface area (Å²) in [5, 5.41) is 20.6. The molecule has 4 fully saturated rings. The van der Waals surface area contributed by atoms with E-state index in [1.54, 1.807) is 36.5 Å². The van der Waals surface area contributed by atoms with Gasteiger partial charge in [-0.3, -0.25) is 4.79 Å². The van der Waals surface area contributed by atoms with Gasteiger partial charge in [0.1, 0.15) is 18.0 Å². The van der Waals surface area contributed by atoms with Crippen molar-refractivity contribution in [2.45, 2.75) is 135 Å². The van der Waals surface area contributed by atoms with Crippen LogP contribution in [-0.4, -0.2) is 42.4 Å². The lowest BCUT2D eigenvalue weighted by Gasteiger charge is -2.54. The molecule has 2 N–H and O–H groups in total. The predicted octanol–water partition coefficient (Wildman–Crippen LogP) is 8.76. The van der Waals surface area contributed by atoms with Crippen LogP contribution >= 0.6 is 0 Å². The van der Waals surface area contributed by atoms with Crippen LogP contribution in [0.25, 0.3) is 0 Å². The van der Waals surface area contributed by atoms with Crippen LogP contribution in [0.2, 0.25) is 0 Å². The maximum Gasteiger partial charge on any atom is 0.139 e. The van der Waals surface area contributed by atoms with Crippen LogP contribution in [0.15, 0.2) is 46.0 Å². The van der Waals surface area contributed by atoms with Crippen LogP contribution in [0.4, 0.5) is 0 Å². The lowest BCUT2D eigenvalue weighted by molar-refractivity contribution is -0.131. The standard InChI is InChI=1S/C23H32O3.C20H28O2/c1-3-22-12-9-19-18-8-6-17(26-2)15-16(18)5-7-20(19)21(22)10-13-23(22,25)11-4-14-24;1-3-20-11-10-16-15-7-5-14(22-2)12-13(15)4-6-17(16)18(20)8-9-19(20)21/h6,19-21,24-25H,3,5,7-10,12-15H2,1-2H3;5,16-18H,3-4,6-12H2,1-2H3/t19?,20?,21?,22-,23-;16?,17?,18?,20-/m00/s1. The molecule has 5 heteroatoms. The van der Waals surface area contributed by atoms with Crippen molar-refractivity contribution in [3.63, 3.8) is 0 Å². The minimum Gasteiger partial charge on any atom is -0.501 e. The number of rotatable bonds is 4. The second kappa shape index (κ2) is 13.4. The molecule has 0 spiro atoms. The number of Topliss-reactive ketones (excluding diaryl/α,β-unsaturated/α-hetero) is 1. The Labute approximate surface area is 289 Å². The molecule has 0 heterocycles. The number of carbonyl (C=O) groups excluding carboxylic acids is 1. The fourth-order valence-electron chi connectivity index (χ4n) is 13.3. The van der Waals surface area contributed by atoms with Gasteiger partial charge in [0.15, 0.2) is 0 Å². The molecule has 5 nitrogen and oxygen atoms in total. The quantitative estimate of drug-likeness (QED) is 0.234. The van der Waals surface area contributed by atoms with E-state index in [0.29, 0.717) is 29.5 Å². The summed E-state index contributed by atoms with van der Waals surface area (Å²) in [4.78, 5) is 12.6. The summed E-state index contributed by atoms with van der Waals surface area (Å²) >= 11 is 0. The number of methoxy groups -OCH3 is 2. The van der Waals surface area contributed by atoms with Crippen molar-refractivity contribution >= 4 is 5.78 Å². The van der Waals surface area contributed by atoms with Crippen LogP contribution in [-0.2, 0) is 14.3 Å². The molecular formula is C43H60O5. The van der Waals surface area contributed by atoms with E-state index < -0.39 is 5.60 Å². The van der Waals surface area contributed by atoms with Gasteiger partial charge in [0.05, 0.1) is 25.7 Å². The van der Waals surface area contributed by atoms with Gasteiger partial charge in [0.25, 0.3) is 0 Å². The second-order valence-electron chi connectivity index (χ2n) is 16.5. The van der Waals surface area contributed by atoms with E-state index >= 15 is 0 Å². The van der Waals surface area contributed by atoms with E-state index in [0.717, 1.165) is 100 Å². The van der Waals surface area contributed by atoms with Crippen molar-refractivity contribution in [2.75, 3.05) is 20.8 Å². The molecular weight excluding hydrogens is 596 g/mol. The van der Waals surface area contributed by atoms with Crippen molar-refractivity contribution in [1.82, 2.24) is 0 Å². The SMILES string of the molecule is CC[C@]12CCC3C4=C(CCC3C1CCC2=O)CC(OC)=CC4.CC[C@]12CCC3C4=C(CCC3C1CC[C@@]2(O)C#CCO)CC(OC)=CC4. The number of fused-ring (bicyclic) bond motifs is 8. The average molecular weight is 657 g/mol. The first-order chi connectivity index (χ1) is 23.3. The highest BCUT2D eigenvalue weighted by atomic mass is 16.5. The first kappa shape index (κ1) is 34.2. The molecule has 0 bridgehead atoms. The molecule has 0 aromatic carbocycles. The lowest BCUT2D eigenvalue weighted by atomic mass is 9.51. The number of aliphatic hydroxyl groups excluding tert-OH is 1. The number of hydrogen-bond acceptors (Lipinski definition) is 5. The summed E-state index contributed by atoms with van der Waals surface area (Å²) in [7, 11) is 3.58. The van der Waals surface area contributed by atoms with Gasteiger partial charge in [0, 0.05) is 30.1 Å². The molecule has 0 aliphatic heterocycles. The van der Waals surface area contributed by atoms with Crippen molar-refractivity contribution in [3.8, 4) is 11.8 Å². The number of ether oxygens (including phenoxy) is 2. The zero-order valence-electron chi connectivity index (χ0n) is 30.2. The Bertz CT molecular complexity index is 1470. The summed E-state index contributed by atoms with van der Waals surface area (Å²) in [5.74, 6) is 12.9.